The first-order chi connectivity index (χ1) is 12.5. The number of hydrogen-bond donors (Lipinski definition) is 0. The maximum Gasteiger partial charge on any atom is 0.253 e. The zero-order chi connectivity index (χ0) is 18.7. The molecule has 1 amide bonds. The van der Waals surface area contributed by atoms with E-state index in [1.807, 2.05) is 19.2 Å². The molecule has 4 nitrogen and oxygen atoms in total. The Morgan fingerprint density at radius 1 is 1.15 bits per heavy atom. The SMILES string of the molecule is COc1ccc(N2CCC(N(C)C(=O)c3ccc(F)c(C)c3)CC2)cc1. The highest BCUT2D eigenvalue weighted by Gasteiger charge is 2.26. The molecule has 2 aromatic carbocycles. The van der Waals surface area contributed by atoms with Crippen LogP contribution in [0, 0.1) is 12.7 Å². The Bertz CT molecular complexity index is 768. The van der Waals surface area contributed by atoms with Gasteiger partial charge in [-0.15, -0.1) is 0 Å². The van der Waals surface area contributed by atoms with E-state index in [1.54, 1.807) is 31.1 Å². The second-order valence-electron chi connectivity index (χ2n) is 6.80. The minimum absolute atomic E-state index is 0.0454. The van der Waals surface area contributed by atoms with Gasteiger partial charge in [-0.2, -0.15) is 0 Å². The summed E-state index contributed by atoms with van der Waals surface area (Å²) in [4.78, 5) is 16.8. The van der Waals surface area contributed by atoms with Gasteiger partial charge in [0.15, 0.2) is 0 Å². The van der Waals surface area contributed by atoms with Crippen molar-refractivity contribution in [1.29, 1.82) is 0 Å². The van der Waals surface area contributed by atoms with Crippen LogP contribution in [0.3, 0.4) is 0 Å². The largest absolute Gasteiger partial charge is 0.497 e. The first-order valence-electron chi connectivity index (χ1n) is 8.92. The summed E-state index contributed by atoms with van der Waals surface area (Å²) in [7, 11) is 3.50. The molecule has 0 saturated carbocycles. The molecule has 1 fully saturated rings. The lowest BCUT2D eigenvalue weighted by Crippen LogP contribution is -2.45. The summed E-state index contributed by atoms with van der Waals surface area (Å²) in [6.45, 7) is 3.48. The molecule has 26 heavy (non-hydrogen) atoms. The Balaban J connectivity index is 1.61. The van der Waals surface area contributed by atoms with Crippen LogP contribution in [-0.2, 0) is 0 Å². The monoisotopic (exact) mass is 356 g/mol. The van der Waals surface area contributed by atoms with E-state index < -0.39 is 0 Å². The van der Waals surface area contributed by atoms with E-state index in [9.17, 15) is 9.18 Å². The van der Waals surface area contributed by atoms with E-state index in [0.717, 1.165) is 31.7 Å². The molecule has 138 valence electrons. The second kappa shape index (κ2) is 7.77. The standard InChI is InChI=1S/C21H25FN2O2/c1-15-14-16(4-9-20(15)22)21(25)23(2)17-10-12-24(13-11-17)18-5-7-19(26-3)8-6-18/h4-9,14,17H,10-13H2,1-3H3. The molecule has 1 heterocycles. The highest BCUT2D eigenvalue weighted by molar-refractivity contribution is 5.94. The quantitative estimate of drug-likeness (QED) is 0.833. The van der Waals surface area contributed by atoms with Gasteiger partial charge in [-0.25, -0.2) is 4.39 Å². The van der Waals surface area contributed by atoms with Gasteiger partial charge in [-0.1, -0.05) is 0 Å². The van der Waals surface area contributed by atoms with E-state index in [2.05, 4.69) is 17.0 Å². The summed E-state index contributed by atoms with van der Waals surface area (Å²) >= 11 is 0. The highest BCUT2D eigenvalue weighted by atomic mass is 19.1. The van der Waals surface area contributed by atoms with Crippen LogP contribution in [-0.4, -0.2) is 44.1 Å². The first-order valence-corrected chi connectivity index (χ1v) is 8.92. The van der Waals surface area contributed by atoms with Gasteiger partial charge in [-0.3, -0.25) is 4.79 Å². The fraction of sp³-hybridized carbons (Fsp3) is 0.381. The number of halogens is 1. The number of rotatable bonds is 4. The minimum Gasteiger partial charge on any atom is -0.497 e. The number of anilines is 1. The molecule has 5 heteroatoms. The topological polar surface area (TPSA) is 32.8 Å². The highest BCUT2D eigenvalue weighted by Crippen LogP contribution is 2.25. The van der Waals surface area contributed by atoms with Crippen LogP contribution in [0.25, 0.3) is 0 Å². The van der Waals surface area contributed by atoms with Crippen LogP contribution in [0.4, 0.5) is 10.1 Å². The van der Waals surface area contributed by atoms with Crippen LogP contribution in [0.2, 0.25) is 0 Å². The third-order valence-corrected chi connectivity index (χ3v) is 5.18. The van der Waals surface area contributed by atoms with Gasteiger partial charge in [0.2, 0.25) is 0 Å². The van der Waals surface area contributed by atoms with Crippen molar-refractivity contribution in [2.24, 2.45) is 0 Å². The number of benzene rings is 2. The molecule has 0 N–H and O–H groups in total. The molecule has 1 aliphatic rings. The summed E-state index contributed by atoms with van der Waals surface area (Å²) < 4.78 is 18.6. The summed E-state index contributed by atoms with van der Waals surface area (Å²) in [5.74, 6) is 0.525. The Hall–Kier alpha value is -2.56. The van der Waals surface area contributed by atoms with Gasteiger partial charge in [0, 0.05) is 37.4 Å². The smallest absolute Gasteiger partial charge is 0.253 e. The molecule has 0 radical (unpaired) electrons. The van der Waals surface area contributed by atoms with Crippen molar-refractivity contribution < 1.29 is 13.9 Å². The van der Waals surface area contributed by atoms with Crippen molar-refractivity contribution in [1.82, 2.24) is 4.90 Å². The van der Waals surface area contributed by atoms with E-state index in [1.165, 1.54) is 11.8 Å². The fourth-order valence-corrected chi connectivity index (χ4v) is 3.45. The Kier molecular flexibility index (Phi) is 5.45. The number of hydrogen-bond acceptors (Lipinski definition) is 3. The van der Waals surface area contributed by atoms with Crippen LogP contribution < -0.4 is 9.64 Å². The molecule has 0 aromatic heterocycles. The van der Waals surface area contributed by atoms with Crippen molar-refractivity contribution in [3.8, 4) is 5.75 Å². The molecule has 1 aliphatic heterocycles. The van der Waals surface area contributed by atoms with Gasteiger partial charge >= 0.3 is 0 Å². The average molecular weight is 356 g/mol. The maximum absolute atomic E-state index is 13.4. The number of methoxy groups -OCH3 is 1. The van der Waals surface area contributed by atoms with E-state index >= 15 is 0 Å². The third-order valence-electron chi connectivity index (χ3n) is 5.18. The van der Waals surface area contributed by atoms with Crippen LogP contribution in [0.1, 0.15) is 28.8 Å². The van der Waals surface area contributed by atoms with E-state index in [0.29, 0.717) is 11.1 Å². The number of aryl methyl sites for hydroxylation is 1. The Labute approximate surface area is 154 Å². The molecule has 0 unspecified atom stereocenters. The van der Waals surface area contributed by atoms with Crippen molar-refractivity contribution in [3.05, 3.63) is 59.4 Å². The maximum atomic E-state index is 13.4. The Morgan fingerprint density at radius 2 is 1.81 bits per heavy atom. The van der Waals surface area contributed by atoms with E-state index in [4.69, 9.17) is 4.74 Å². The number of piperidine rings is 1. The predicted octanol–water partition coefficient (Wildman–Crippen LogP) is 3.88. The summed E-state index contributed by atoms with van der Waals surface area (Å²) in [6.07, 6.45) is 1.82. The molecule has 1 saturated heterocycles. The minimum atomic E-state index is -0.281. The van der Waals surface area contributed by atoms with E-state index in [-0.39, 0.29) is 17.8 Å². The lowest BCUT2D eigenvalue weighted by molar-refractivity contribution is 0.0709. The molecular formula is C21H25FN2O2. The molecule has 3 rings (SSSR count). The fourth-order valence-electron chi connectivity index (χ4n) is 3.45. The van der Waals surface area contributed by atoms with Crippen LogP contribution >= 0.6 is 0 Å². The van der Waals surface area contributed by atoms with Crippen molar-refractivity contribution >= 4 is 11.6 Å². The zero-order valence-electron chi connectivity index (χ0n) is 15.5. The van der Waals surface area contributed by atoms with Gasteiger partial charge in [0.05, 0.1) is 7.11 Å². The summed E-state index contributed by atoms with van der Waals surface area (Å²) in [5.41, 5.74) is 2.22. The number of amides is 1. The Morgan fingerprint density at radius 3 is 2.38 bits per heavy atom. The van der Waals surface area contributed by atoms with Crippen LogP contribution in [0.15, 0.2) is 42.5 Å². The molecular weight excluding hydrogens is 331 g/mol. The average Bonchev–Trinajstić information content (AvgIpc) is 2.69. The lowest BCUT2D eigenvalue weighted by Gasteiger charge is -2.38. The second-order valence-corrected chi connectivity index (χ2v) is 6.80. The third kappa shape index (κ3) is 3.82. The van der Waals surface area contributed by atoms with Crippen molar-refractivity contribution in [2.45, 2.75) is 25.8 Å². The van der Waals surface area contributed by atoms with Crippen LogP contribution in [0.5, 0.6) is 5.75 Å². The first kappa shape index (κ1) is 18.2. The normalized spacial score (nSPS) is 15.0. The predicted molar refractivity (Wildman–Crippen MR) is 101 cm³/mol. The summed E-state index contributed by atoms with van der Waals surface area (Å²) in [6, 6.07) is 12.8. The molecule has 0 spiro atoms. The van der Waals surface area contributed by atoms with Gasteiger partial charge in [0.25, 0.3) is 5.91 Å². The molecule has 0 bridgehead atoms. The van der Waals surface area contributed by atoms with Gasteiger partial charge in [-0.05, 0) is 67.8 Å². The number of carbonyl (C=O) groups is 1. The zero-order valence-corrected chi connectivity index (χ0v) is 15.5. The molecule has 0 aliphatic carbocycles. The van der Waals surface area contributed by atoms with Crippen molar-refractivity contribution in [2.75, 3.05) is 32.1 Å². The molecule has 0 atom stereocenters. The number of nitrogens with zero attached hydrogens (tertiary/aromatic N) is 2. The number of carbonyl (C=O) groups excluding carboxylic acids is 1. The number of ether oxygens (including phenoxy) is 1. The molecule has 2 aromatic rings. The van der Waals surface area contributed by atoms with Crippen molar-refractivity contribution in [3.63, 3.8) is 0 Å². The van der Waals surface area contributed by atoms with Gasteiger partial charge in [0.1, 0.15) is 11.6 Å². The summed E-state index contributed by atoms with van der Waals surface area (Å²) in [5, 5.41) is 0. The lowest BCUT2D eigenvalue weighted by atomic mass is 10.0. The van der Waals surface area contributed by atoms with Gasteiger partial charge < -0.3 is 14.5 Å².